The number of benzene rings is 1. The van der Waals surface area contributed by atoms with Crippen LogP contribution in [0, 0.1) is 6.92 Å². The van der Waals surface area contributed by atoms with Gasteiger partial charge in [-0.25, -0.2) is 13.2 Å². The molecule has 0 spiro atoms. The van der Waals surface area contributed by atoms with Crippen LogP contribution in [0.4, 0.5) is 0 Å². The van der Waals surface area contributed by atoms with Crippen molar-refractivity contribution in [1.29, 1.82) is 0 Å². The van der Waals surface area contributed by atoms with E-state index in [1.807, 2.05) is 0 Å². The van der Waals surface area contributed by atoms with Crippen LogP contribution in [0.2, 0.25) is 4.34 Å². The first kappa shape index (κ1) is 21.0. The van der Waals surface area contributed by atoms with Gasteiger partial charge in [-0.05, 0) is 49.6 Å². The van der Waals surface area contributed by atoms with Crippen LogP contribution >= 0.6 is 22.9 Å². The highest BCUT2D eigenvalue weighted by molar-refractivity contribution is 7.89. The molecule has 1 aliphatic rings. The van der Waals surface area contributed by atoms with Gasteiger partial charge in [-0.15, -0.1) is 11.3 Å². The number of hydrogen-bond donors (Lipinski definition) is 0. The summed E-state index contributed by atoms with van der Waals surface area (Å²) in [7, 11) is -3.67. The van der Waals surface area contributed by atoms with Crippen molar-refractivity contribution in [1.82, 2.24) is 4.31 Å². The number of nitrogens with zero attached hydrogens (tertiary/aromatic N) is 1. The summed E-state index contributed by atoms with van der Waals surface area (Å²) >= 11 is 6.91. The lowest BCUT2D eigenvalue weighted by molar-refractivity contribution is 0.0475. The monoisotopic (exact) mass is 441 g/mol. The third kappa shape index (κ3) is 4.63. The molecule has 0 N–H and O–H groups in total. The number of rotatable bonds is 6. The van der Waals surface area contributed by atoms with E-state index in [0.717, 1.165) is 30.6 Å². The molecule has 9 heteroatoms. The van der Waals surface area contributed by atoms with E-state index in [2.05, 4.69) is 0 Å². The predicted octanol–water partition coefficient (Wildman–Crippen LogP) is 3.92. The third-order valence-electron chi connectivity index (χ3n) is 4.54. The molecule has 0 bridgehead atoms. The molecule has 2 heterocycles. The third-order valence-corrected chi connectivity index (χ3v) is 7.85. The normalized spacial score (nSPS) is 15.4. The molecule has 0 unspecified atom stereocenters. The fourth-order valence-electron chi connectivity index (χ4n) is 3.00. The van der Waals surface area contributed by atoms with Gasteiger partial charge in [0.15, 0.2) is 6.61 Å². The van der Waals surface area contributed by atoms with Crippen LogP contribution in [-0.2, 0) is 14.8 Å². The van der Waals surface area contributed by atoms with E-state index in [1.165, 1.54) is 16.4 Å². The highest BCUT2D eigenvalue weighted by Crippen LogP contribution is 2.25. The Morgan fingerprint density at radius 1 is 1.14 bits per heavy atom. The zero-order valence-corrected chi connectivity index (χ0v) is 17.7. The number of hydrogen-bond acceptors (Lipinski definition) is 6. The van der Waals surface area contributed by atoms with E-state index in [4.69, 9.17) is 16.3 Å². The number of esters is 1. The van der Waals surface area contributed by atoms with Gasteiger partial charge in [0, 0.05) is 13.1 Å². The van der Waals surface area contributed by atoms with Gasteiger partial charge in [-0.1, -0.05) is 24.1 Å². The fourth-order valence-corrected chi connectivity index (χ4v) is 5.73. The second-order valence-electron chi connectivity index (χ2n) is 6.55. The van der Waals surface area contributed by atoms with E-state index < -0.39 is 22.6 Å². The van der Waals surface area contributed by atoms with Crippen LogP contribution in [0.25, 0.3) is 0 Å². The summed E-state index contributed by atoms with van der Waals surface area (Å²) in [6.45, 7) is 2.22. The Hall–Kier alpha value is -1.74. The van der Waals surface area contributed by atoms with Crippen molar-refractivity contribution in [3.8, 4) is 0 Å². The van der Waals surface area contributed by atoms with Gasteiger partial charge in [-0.3, -0.25) is 4.79 Å². The van der Waals surface area contributed by atoms with Crippen LogP contribution < -0.4 is 0 Å². The number of carbonyl (C=O) groups is 2. The average Bonchev–Trinajstić information content (AvgIpc) is 3.13. The Bertz CT molecular complexity index is 994. The number of thiophene rings is 1. The number of ether oxygens (including phenoxy) is 1. The summed E-state index contributed by atoms with van der Waals surface area (Å²) in [5.74, 6) is -1.11. The van der Waals surface area contributed by atoms with Crippen LogP contribution in [0.3, 0.4) is 0 Å². The van der Waals surface area contributed by atoms with E-state index >= 15 is 0 Å². The van der Waals surface area contributed by atoms with Gasteiger partial charge in [0.1, 0.15) is 0 Å². The smallest absolute Gasteiger partial charge is 0.338 e. The molecule has 2 aromatic rings. The Labute approximate surface area is 173 Å². The highest BCUT2D eigenvalue weighted by atomic mass is 35.5. The highest BCUT2D eigenvalue weighted by Gasteiger charge is 2.28. The van der Waals surface area contributed by atoms with Crippen LogP contribution in [0.5, 0.6) is 0 Å². The molecule has 6 nitrogen and oxygen atoms in total. The van der Waals surface area contributed by atoms with Crippen molar-refractivity contribution in [3.63, 3.8) is 0 Å². The first-order valence-electron chi connectivity index (χ1n) is 8.85. The number of ketones is 1. The first-order chi connectivity index (χ1) is 13.3. The number of carbonyl (C=O) groups excluding carboxylic acids is 2. The van der Waals surface area contributed by atoms with Crippen LogP contribution in [-0.4, -0.2) is 44.2 Å². The molecule has 1 saturated heterocycles. The lowest BCUT2D eigenvalue weighted by atomic mass is 10.1. The molecule has 3 rings (SSSR count). The van der Waals surface area contributed by atoms with Gasteiger partial charge in [0.05, 0.1) is 19.7 Å². The van der Waals surface area contributed by atoms with Gasteiger partial charge < -0.3 is 4.74 Å². The van der Waals surface area contributed by atoms with E-state index in [0.29, 0.717) is 27.9 Å². The number of sulfonamides is 1. The second-order valence-corrected chi connectivity index (χ2v) is 10.2. The summed E-state index contributed by atoms with van der Waals surface area (Å²) in [6, 6.07) is 7.57. The van der Waals surface area contributed by atoms with Crippen molar-refractivity contribution >= 4 is 44.7 Å². The topological polar surface area (TPSA) is 80.8 Å². The molecular weight excluding hydrogens is 422 g/mol. The molecule has 0 aliphatic carbocycles. The lowest BCUT2D eigenvalue weighted by Gasteiger charge is -2.26. The van der Waals surface area contributed by atoms with Gasteiger partial charge in [0.25, 0.3) is 0 Å². The predicted molar refractivity (Wildman–Crippen MR) is 108 cm³/mol. The zero-order valence-electron chi connectivity index (χ0n) is 15.3. The molecule has 28 heavy (non-hydrogen) atoms. The Balaban J connectivity index is 1.75. The number of halogens is 1. The molecule has 150 valence electrons. The quantitative estimate of drug-likeness (QED) is 0.501. The number of aryl methyl sites for hydroxylation is 1. The summed E-state index contributed by atoms with van der Waals surface area (Å²) in [6.07, 6.45) is 2.67. The standard InChI is InChI=1S/C19H20ClNO5S2/c1-13-5-6-14(11-17(13)28(24,25)21-9-3-2-4-10-21)19(23)26-12-15(22)16-7-8-18(20)27-16/h5-8,11H,2-4,9-10,12H2,1H3. The Morgan fingerprint density at radius 2 is 1.86 bits per heavy atom. The maximum atomic E-state index is 12.9. The van der Waals surface area contributed by atoms with E-state index in [1.54, 1.807) is 25.1 Å². The molecule has 1 fully saturated rings. The Kier molecular flexibility index (Phi) is 6.54. The van der Waals surface area contributed by atoms with Gasteiger partial charge in [-0.2, -0.15) is 4.31 Å². The average molecular weight is 442 g/mol. The van der Waals surface area contributed by atoms with Crippen LogP contribution in [0.15, 0.2) is 35.2 Å². The largest absolute Gasteiger partial charge is 0.454 e. The van der Waals surface area contributed by atoms with Crippen molar-refractivity contribution in [2.24, 2.45) is 0 Å². The maximum absolute atomic E-state index is 12.9. The first-order valence-corrected chi connectivity index (χ1v) is 11.5. The second kappa shape index (κ2) is 8.73. The fraction of sp³-hybridized carbons (Fsp3) is 0.368. The number of piperidine rings is 1. The molecule has 0 radical (unpaired) electrons. The summed E-state index contributed by atoms with van der Waals surface area (Å²) in [4.78, 5) is 24.9. The van der Waals surface area contributed by atoms with Gasteiger partial charge >= 0.3 is 5.97 Å². The van der Waals surface area contributed by atoms with Gasteiger partial charge in [0.2, 0.25) is 15.8 Å². The number of Topliss-reactive ketones (excluding diaryl/α,β-unsaturated/α-hetero) is 1. The molecule has 1 aromatic heterocycles. The van der Waals surface area contributed by atoms with Crippen molar-refractivity contribution in [3.05, 3.63) is 50.7 Å². The Morgan fingerprint density at radius 3 is 2.50 bits per heavy atom. The minimum atomic E-state index is -3.67. The summed E-state index contributed by atoms with van der Waals surface area (Å²) in [5.41, 5.74) is 0.657. The van der Waals surface area contributed by atoms with Crippen molar-refractivity contribution < 1.29 is 22.7 Å². The van der Waals surface area contributed by atoms with Crippen LogP contribution in [0.1, 0.15) is 44.9 Å². The minimum absolute atomic E-state index is 0.0956. The van der Waals surface area contributed by atoms with Crippen molar-refractivity contribution in [2.75, 3.05) is 19.7 Å². The molecule has 0 amide bonds. The minimum Gasteiger partial charge on any atom is -0.454 e. The molecule has 0 atom stereocenters. The molecular formula is C19H20ClNO5S2. The SMILES string of the molecule is Cc1ccc(C(=O)OCC(=O)c2ccc(Cl)s2)cc1S(=O)(=O)N1CCCCC1. The van der Waals surface area contributed by atoms with E-state index in [-0.39, 0.29) is 16.2 Å². The lowest BCUT2D eigenvalue weighted by Crippen LogP contribution is -2.36. The van der Waals surface area contributed by atoms with Crippen molar-refractivity contribution in [2.45, 2.75) is 31.1 Å². The summed E-state index contributed by atoms with van der Waals surface area (Å²) in [5, 5.41) is 0. The molecule has 1 aliphatic heterocycles. The summed E-state index contributed by atoms with van der Waals surface area (Å²) < 4.78 is 32.9. The maximum Gasteiger partial charge on any atom is 0.338 e. The molecule has 0 saturated carbocycles. The molecule has 1 aromatic carbocycles. The van der Waals surface area contributed by atoms with E-state index in [9.17, 15) is 18.0 Å². The zero-order chi connectivity index (χ0) is 20.3.